The summed E-state index contributed by atoms with van der Waals surface area (Å²) >= 11 is 0. The summed E-state index contributed by atoms with van der Waals surface area (Å²) in [4.78, 5) is 30.4. The zero-order valence-corrected chi connectivity index (χ0v) is 19.2. The van der Waals surface area contributed by atoms with Crippen molar-refractivity contribution in [2.45, 2.75) is 57.2 Å². The van der Waals surface area contributed by atoms with Crippen molar-refractivity contribution in [3.05, 3.63) is 82.2 Å². The third-order valence-corrected chi connectivity index (χ3v) is 6.89. The lowest BCUT2D eigenvalue weighted by Crippen LogP contribution is -2.63. The van der Waals surface area contributed by atoms with E-state index in [2.05, 4.69) is 44.6 Å². The minimum absolute atomic E-state index is 0.00304. The van der Waals surface area contributed by atoms with E-state index in [1.54, 1.807) is 6.07 Å². The summed E-state index contributed by atoms with van der Waals surface area (Å²) in [6, 6.07) is 16.7. The molecule has 6 nitrogen and oxygen atoms in total. The number of likely N-dealkylation sites (tertiary alicyclic amines) is 1. The molecule has 2 amide bonds. The van der Waals surface area contributed by atoms with Gasteiger partial charge in [0.05, 0.1) is 12.6 Å². The molecule has 2 N–H and O–H groups in total. The van der Waals surface area contributed by atoms with Crippen molar-refractivity contribution in [3.63, 3.8) is 0 Å². The van der Waals surface area contributed by atoms with Crippen molar-refractivity contribution in [2.24, 2.45) is 0 Å². The molecule has 1 aliphatic heterocycles. The van der Waals surface area contributed by atoms with Gasteiger partial charge >= 0.3 is 0 Å². The lowest BCUT2D eigenvalue weighted by molar-refractivity contribution is -0.122. The van der Waals surface area contributed by atoms with Crippen molar-refractivity contribution in [3.8, 4) is 0 Å². The van der Waals surface area contributed by atoms with Gasteiger partial charge in [-0.25, -0.2) is 6.57 Å². The topological polar surface area (TPSA) is 65.8 Å². The lowest BCUT2D eigenvalue weighted by atomic mass is 9.80. The molecule has 0 unspecified atom stereocenters. The smallest absolute Gasteiger partial charge is 0.251 e. The Labute approximate surface area is 196 Å². The van der Waals surface area contributed by atoms with Crippen LogP contribution in [-0.2, 0) is 11.3 Å². The SMILES string of the molecule is [C-]#[N+]Cc1ccc(C2CCC(N3CC(NC(=O)CNC(=O)c4cccc(C)c4)C3)CC2)cc1. The molecule has 2 fully saturated rings. The Balaban J connectivity index is 1.14. The minimum Gasteiger partial charge on any atom is -0.349 e. The van der Waals surface area contributed by atoms with Gasteiger partial charge in [-0.15, -0.1) is 0 Å². The number of hydrogen-bond donors (Lipinski definition) is 2. The number of rotatable bonds is 7. The second kappa shape index (κ2) is 10.6. The molecule has 1 saturated carbocycles. The zero-order valence-electron chi connectivity index (χ0n) is 19.2. The largest absolute Gasteiger partial charge is 0.349 e. The summed E-state index contributed by atoms with van der Waals surface area (Å²) < 4.78 is 0. The molecular weight excluding hydrogens is 412 g/mol. The van der Waals surface area contributed by atoms with Crippen LogP contribution >= 0.6 is 0 Å². The quantitative estimate of drug-likeness (QED) is 0.641. The Morgan fingerprint density at radius 3 is 2.45 bits per heavy atom. The maximum absolute atomic E-state index is 12.2. The first-order valence-electron chi connectivity index (χ1n) is 11.8. The molecule has 0 atom stereocenters. The number of carbonyl (C=O) groups is 2. The molecule has 0 bridgehead atoms. The molecular formula is C27H32N4O2. The maximum Gasteiger partial charge on any atom is 0.251 e. The van der Waals surface area contributed by atoms with Crippen LogP contribution in [-0.4, -0.2) is 48.4 Å². The van der Waals surface area contributed by atoms with Crippen LogP contribution in [0.15, 0.2) is 48.5 Å². The van der Waals surface area contributed by atoms with E-state index in [-0.39, 0.29) is 24.4 Å². The molecule has 2 aromatic carbocycles. The van der Waals surface area contributed by atoms with Crippen LogP contribution in [0.2, 0.25) is 0 Å². The second-order valence-corrected chi connectivity index (χ2v) is 9.33. The van der Waals surface area contributed by atoms with Crippen LogP contribution in [0.1, 0.15) is 58.6 Å². The van der Waals surface area contributed by atoms with E-state index in [1.807, 2.05) is 25.1 Å². The van der Waals surface area contributed by atoms with E-state index >= 15 is 0 Å². The van der Waals surface area contributed by atoms with Crippen LogP contribution in [0.5, 0.6) is 0 Å². The van der Waals surface area contributed by atoms with Crippen LogP contribution in [0, 0.1) is 13.5 Å². The number of carbonyl (C=O) groups excluding carboxylic acids is 2. The highest BCUT2D eigenvalue weighted by Crippen LogP contribution is 2.36. The highest BCUT2D eigenvalue weighted by Gasteiger charge is 2.35. The lowest BCUT2D eigenvalue weighted by Gasteiger charge is -2.46. The summed E-state index contributed by atoms with van der Waals surface area (Å²) in [6.07, 6.45) is 4.74. The van der Waals surface area contributed by atoms with E-state index < -0.39 is 0 Å². The van der Waals surface area contributed by atoms with Gasteiger partial charge in [0.15, 0.2) is 0 Å². The van der Waals surface area contributed by atoms with E-state index in [0.717, 1.165) is 24.2 Å². The first-order chi connectivity index (χ1) is 16.0. The van der Waals surface area contributed by atoms with Gasteiger partial charge in [-0.3, -0.25) is 14.5 Å². The van der Waals surface area contributed by atoms with Crippen molar-refractivity contribution >= 4 is 11.8 Å². The zero-order chi connectivity index (χ0) is 23.2. The van der Waals surface area contributed by atoms with Crippen molar-refractivity contribution < 1.29 is 9.59 Å². The van der Waals surface area contributed by atoms with Gasteiger partial charge in [-0.1, -0.05) is 42.0 Å². The monoisotopic (exact) mass is 444 g/mol. The van der Waals surface area contributed by atoms with Crippen LogP contribution < -0.4 is 10.6 Å². The number of benzene rings is 2. The molecule has 6 heteroatoms. The van der Waals surface area contributed by atoms with E-state index in [1.165, 1.54) is 31.2 Å². The predicted molar refractivity (Wildman–Crippen MR) is 129 cm³/mol. The average Bonchev–Trinajstić information content (AvgIpc) is 2.80. The molecule has 1 saturated heterocycles. The van der Waals surface area contributed by atoms with Crippen LogP contribution in [0.3, 0.4) is 0 Å². The highest BCUT2D eigenvalue weighted by molar-refractivity contribution is 5.96. The minimum atomic E-state index is -0.220. The molecule has 0 radical (unpaired) electrons. The fraction of sp³-hybridized carbons (Fsp3) is 0.444. The highest BCUT2D eigenvalue weighted by atomic mass is 16.2. The predicted octanol–water partition coefficient (Wildman–Crippen LogP) is 3.67. The number of aryl methyl sites for hydroxylation is 1. The fourth-order valence-corrected chi connectivity index (χ4v) is 4.99. The average molecular weight is 445 g/mol. The van der Waals surface area contributed by atoms with Gasteiger partial charge in [0.25, 0.3) is 5.91 Å². The van der Waals surface area contributed by atoms with Gasteiger partial charge in [-0.05, 0) is 56.2 Å². The van der Waals surface area contributed by atoms with Crippen molar-refractivity contribution in [1.82, 2.24) is 15.5 Å². The molecule has 2 aromatic rings. The third kappa shape index (κ3) is 6.00. The Morgan fingerprint density at radius 2 is 1.79 bits per heavy atom. The van der Waals surface area contributed by atoms with Gasteiger partial charge in [0, 0.05) is 30.3 Å². The molecule has 33 heavy (non-hydrogen) atoms. The Bertz CT molecular complexity index is 1010. The summed E-state index contributed by atoms with van der Waals surface area (Å²) in [6.45, 7) is 11.2. The molecule has 0 aromatic heterocycles. The van der Waals surface area contributed by atoms with Gasteiger partial charge in [-0.2, -0.15) is 0 Å². The van der Waals surface area contributed by atoms with E-state index in [0.29, 0.717) is 24.1 Å². The van der Waals surface area contributed by atoms with Crippen molar-refractivity contribution in [2.75, 3.05) is 19.6 Å². The molecule has 2 aliphatic rings. The van der Waals surface area contributed by atoms with Crippen molar-refractivity contribution in [1.29, 1.82) is 0 Å². The number of nitrogens with one attached hydrogen (secondary N) is 2. The third-order valence-electron chi connectivity index (χ3n) is 6.89. The van der Waals surface area contributed by atoms with Gasteiger partial charge < -0.3 is 15.5 Å². The first-order valence-corrected chi connectivity index (χ1v) is 11.8. The second-order valence-electron chi connectivity index (χ2n) is 9.33. The molecule has 172 valence electrons. The number of hydrogen-bond acceptors (Lipinski definition) is 3. The van der Waals surface area contributed by atoms with Crippen LogP contribution in [0.25, 0.3) is 4.85 Å². The standard InChI is InChI=1S/C27H32N4O2/c1-19-4-3-5-23(14-19)27(33)29-16-26(32)30-24-17-31(18-24)25-12-10-22(11-13-25)21-8-6-20(7-9-21)15-28-2/h3-9,14,22,24-25H,10-13,15-18H2,1H3,(H,29,33)(H,30,32). The number of nitrogens with zero attached hydrogens (tertiary/aromatic N) is 2. The van der Waals surface area contributed by atoms with E-state index in [4.69, 9.17) is 6.57 Å². The summed E-state index contributed by atoms with van der Waals surface area (Å²) in [5, 5.41) is 5.74. The number of amides is 2. The van der Waals surface area contributed by atoms with Gasteiger partial charge in [0.1, 0.15) is 0 Å². The Hall–Kier alpha value is -3.17. The van der Waals surface area contributed by atoms with Crippen LogP contribution in [0.4, 0.5) is 0 Å². The Morgan fingerprint density at radius 1 is 1.06 bits per heavy atom. The summed E-state index contributed by atoms with van der Waals surface area (Å²) in [5.41, 5.74) is 4.08. The maximum atomic E-state index is 12.2. The fourth-order valence-electron chi connectivity index (χ4n) is 4.99. The summed E-state index contributed by atoms with van der Waals surface area (Å²) in [7, 11) is 0. The van der Waals surface area contributed by atoms with Gasteiger partial charge in [0.2, 0.25) is 12.5 Å². The first kappa shape index (κ1) is 23.0. The van der Waals surface area contributed by atoms with E-state index in [9.17, 15) is 9.59 Å². The summed E-state index contributed by atoms with van der Waals surface area (Å²) in [5.74, 6) is 0.255. The molecule has 1 heterocycles. The normalized spacial score (nSPS) is 21.0. The molecule has 1 aliphatic carbocycles. The molecule has 0 spiro atoms. The Kier molecular flexibility index (Phi) is 7.41. The molecule has 4 rings (SSSR count).